The fourth-order valence-corrected chi connectivity index (χ4v) is 2.07. The molecular weight excluding hydrogens is 226 g/mol. The molecule has 0 aliphatic heterocycles. The molecule has 0 amide bonds. The second-order valence-electron chi connectivity index (χ2n) is 4.89. The molecule has 1 aromatic carbocycles. The minimum Gasteiger partial charge on any atom is -0.497 e. The van der Waals surface area contributed by atoms with Crippen molar-refractivity contribution in [1.29, 1.82) is 0 Å². The van der Waals surface area contributed by atoms with Crippen LogP contribution < -0.4 is 14.8 Å². The molecule has 1 fully saturated rings. The average molecular weight is 249 g/mol. The van der Waals surface area contributed by atoms with Crippen molar-refractivity contribution in [3.8, 4) is 11.5 Å². The van der Waals surface area contributed by atoms with Crippen LogP contribution in [0.3, 0.4) is 0 Å². The van der Waals surface area contributed by atoms with Crippen LogP contribution in [0, 0.1) is 5.92 Å². The topological polar surface area (TPSA) is 30.5 Å². The summed E-state index contributed by atoms with van der Waals surface area (Å²) in [6.45, 7) is 4.01. The number of rotatable bonds is 8. The molecule has 1 unspecified atom stereocenters. The highest BCUT2D eigenvalue weighted by Crippen LogP contribution is 2.33. The lowest BCUT2D eigenvalue weighted by Gasteiger charge is -2.18. The van der Waals surface area contributed by atoms with Gasteiger partial charge < -0.3 is 14.8 Å². The molecule has 3 nitrogen and oxygen atoms in total. The van der Waals surface area contributed by atoms with Gasteiger partial charge in [-0.3, -0.25) is 0 Å². The Balaban J connectivity index is 1.83. The van der Waals surface area contributed by atoms with Gasteiger partial charge in [0.25, 0.3) is 0 Å². The lowest BCUT2D eigenvalue weighted by atomic mass is 10.2. The van der Waals surface area contributed by atoms with Crippen LogP contribution >= 0.6 is 0 Å². The molecule has 0 heterocycles. The predicted molar refractivity (Wildman–Crippen MR) is 73.3 cm³/mol. The van der Waals surface area contributed by atoms with E-state index in [0.29, 0.717) is 6.04 Å². The summed E-state index contributed by atoms with van der Waals surface area (Å²) in [6, 6.07) is 8.30. The van der Waals surface area contributed by atoms with E-state index in [-0.39, 0.29) is 0 Å². The maximum absolute atomic E-state index is 5.87. The van der Waals surface area contributed by atoms with Crippen LogP contribution in [0.2, 0.25) is 0 Å². The van der Waals surface area contributed by atoms with Crippen LogP contribution in [0.1, 0.15) is 26.2 Å². The minimum absolute atomic E-state index is 0.496. The predicted octanol–water partition coefficient (Wildman–Crippen LogP) is 2.85. The van der Waals surface area contributed by atoms with Crippen molar-refractivity contribution < 1.29 is 9.47 Å². The van der Waals surface area contributed by atoms with E-state index in [2.05, 4.69) is 12.2 Å². The number of ether oxygens (including phenoxy) is 2. The van der Waals surface area contributed by atoms with Gasteiger partial charge in [-0.15, -0.1) is 0 Å². The fraction of sp³-hybridized carbons (Fsp3) is 0.600. The highest BCUT2D eigenvalue weighted by Gasteiger charge is 2.31. The third kappa shape index (κ3) is 3.91. The van der Waals surface area contributed by atoms with Crippen molar-refractivity contribution in [2.75, 3.05) is 20.3 Å². The Labute approximate surface area is 109 Å². The molecule has 1 N–H and O–H groups in total. The van der Waals surface area contributed by atoms with Crippen LogP contribution in [0.5, 0.6) is 11.5 Å². The van der Waals surface area contributed by atoms with Gasteiger partial charge in [0.1, 0.15) is 18.1 Å². The first kappa shape index (κ1) is 13.2. The van der Waals surface area contributed by atoms with Gasteiger partial charge in [-0.25, -0.2) is 0 Å². The zero-order valence-electron chi connectivity index (χ0n) is 11.3. The number of benzene rings is 1. The van der Waals surface area contributed by atoms with Crippen molar-refractivity contribution in [2.24, 2.45) is 5.92 Å². The van der Waals surface area contributed by atoms with Crippen LogP contribution in [0.15, 0.2) is 24.3 Å². The average Bonchev–Trinajstić information content (AvgIpc) is 3.23. The summed E-state index contributed by atoms with van der Waals surface area (Å²) in [4.78, 5) is 0. The molecule has 3 heteroatoms. The van der Waals surface area contributed by atoms with E-state index in [9.17, 15) is 0 Å². The Hall–Kier alpha value is -1.22. The van der Waals surface area contributed by atoms with Gasteiger partial charge in [0.2, 0.25) is 0 Å². The number of nitrogens with one attached hydrogen (secondary N) is 1. The van der Waals surface area contributed by atoms with Crippen molar-refractivity contribution in [2.45, 2.75) is 32.2 Å². The summed E-state index contributed by atoms with van der Waals surface area (Å²) in [7, 11) is 1.68. The van der Waals surface area contributed by atoms with Crippen LogP contribution in [-0.2, 0) is 0 Å². The Morgan fingerprint density at radius 3 is 2.78 bits per heavy atom. The molecule has 1 aromatic rings. The number of hydrogen-bond acceptors (Lipinski definition) is 3. The summed E-state index contributed by atoms with van der Waals surface area (Å²) in [5.74, 6) is 2.54. The maximum Gasteiger partial charge on any atom is 0.123 e. The SMILES string of the molecule is CCCNC(COc1cccc(OC)c1)C1CC1. The van der Waals surface area contributed by atoms with Crippen LogP contribution in [0.25, 0.3) is 0 Å². The molecule has 0 saturated heterocycles. The van der Waals surface area contributed by atoms with Gasteiger partial charge in [0.15, 0.2) is 0 Å². The third-order valence-corrected chi connectivity index (χ3v) is 3.32. The first-order chi connectivity index (χ1) is 8.83. The standard InChI is InChI=1S/C15H23NO2/c1-3-9-16-15(12-7-8-12)11-18-14-6-4-5-13(10-14)17-2/h4-6,10,12,15-16H,3,7-9,11H2,1-2H3. The molecule has 100 valence electrons. The van der Waals surface area contributed by atoms with E-state index in [4.69, 9.17) is 9.47 Å². The normalized spacial score (nSPS) is 16.3. The molecule has 1 aliphatic carbocycles. The minimum atomic E-state index is 0.496. The molecule has 1 atom stereocenters. The summed E-state index contributed by atoms with van der Waals surface area (Å²) in [5, 5.41) is 3.57. The second-order valence-corrected chi connectivity index (χ2v) is 4.89. The molecule has 1 aliphatic rings. The van der Waals surface area contributed by atoms with E-state index in [0.717, 1.165) is 30.6 Å². The van der Waals surface area contributed by atoms with Gasteiger partial charge in [-0.2, -0.15) is 0 Å². The molecule has 18 heavy (non-hydrogen) atoms. The van der Waals surface area contributed by atoms with Gasteiger partial charge in [0.05, 0.1) is 7.11 Å². The van der Waals surface area contributed by atoms with E-state index in [1.54, 1.807) is 7.11 Å². The molecule has 0 bridgehead atoms. The Kier molecular flexibility index (Phi) is 4.88. The van der Waals surface area contributed by atoms with Crippen molar-refractivity contribution in [1.82, 2.24) is 5.32 Å². The molecular formula is C15H23NO2. The number of methoxy groups -OCH3 is 1. The van der Waals surface area contributed by atoms with E-state index in [1.807, 2.05) is 24.3 Å². The zero-order valence-corrected chi connectivity index (χ0v) is 11.3. The molecule has 0 radical (unpaired) electrons. The molecule has 2 rings (SSSR count). The van der Waals surface area contributed by atoms with E-state index >= 15 is 0 Å². The maximum atomic E-state index is 5.87. The van der Waals surface area contributed by atoms with Crippen molar-refractivity contribution in [3.05, 3.63) is 24.3 Å². The smallest absolute Gasteiger partial charge is 0.123 e. The second kappa shape index (κ2) is 6.64. The highest BCUT2D eigenvalue weighted by molar-refractivity contribution is 5.32. The van der Waals surface area contributed by atoms with Crippen LogP contribution in [0.4, 0.5) is 0 Å². The fourth-order valence-electron chi connectivity index (χ4n) is 2.07. The molecule has 0 spiro atoms. The molecule has 1 saturated carbocycles. The Bertz CT molecular complexity index is 363. The summed E-state index contributed by atoms with van der Waals surface area (Å²) >= 11 is 0. The third-order valence-electron chi connectivity index (χ3n) is 3.32. The Morgan fingerprint density at radius 2 is 2.11 bits per heavy atom. The van der Waals surface area contributed by atoms with Crippen molar-refractivity contribution in [3.63, 3.8) is 0 Å². The van der Waals surface area contributed by atoms with E-state index in [1.165, 1.54) is 19.3 Å². The van der Waals surface area contributed by atoms with E-state index < -0.39 is 0 Å². The van der Waals surface area contributed by atoms with Crippen molar-refractivity contribution >= 4 is 0 Å². The highest BCUT2D eigenvalue weighted by atomic mass is 16.5. The first-order valence-electron chi connectivity index (χ1n) is 6.83. The molecule has 0 aromatic heterocycles. The monoisotopic (exact) mass is 249 g/mol. The van der Waals surface area contributed by atoms with Gasteiger partial charge in [-0.1, -0.05) is 13.0 Å². The lowest BCUT2D eigenvalue weighted by molar-refractivity contribution is 0.248. The quantitative estimate of drug-likeness (QED) is 0.768. The summed E-state index contributed by atoms with van der Waals surface area (Å²) < 4.78 is 11.1. The first-order valence-corrected chi connectivity index (χ1v) is 6.83. The van der Waals surface area contributed by atoms with Gasteiger partial charge in [-0.05, 0) is 43.9 Å². The lowest BCUT2D eigenvalue weighted by Crippen LogP contribution is -2.37. The van der Waals surface area contributed by atoms with Crippen LogP contribution in [-0.4, -0.2) is 26.3 Å². The Morgan fingerprint density at radius 1 is 1.33 bits per heavy atom. The zero-order chi connectivity index (χ0) is 12.8. The van der Waals surface area contributed by atoms with Gasteiger partial charge >= 0.3 is 0 Å². The summed E-state index contributed by atoms with van der Waals surface area (Å²) in [6.07, 6.45) is 3.84. The largest absolute Gasteiger partial charge is 0.497 e. The van der Waals surface area contributed by atoms with Gasteiger partial charge in [0, 0.05) is 12.1 Å². The number of hydrogen-bond donors (Lipinski definition) is 1. The summed E-state index contributed by atoms with van der Waals surface area (Å²) in [5.41, 5.74) is 0.